The lowest BCUT2D eigenvalue weighted by Crippen LogP contribution is -1.99. The third-order valence-electron chi connectivity index (χ3n) is 4.64. The number of hydrogen-bond acceptors (Lipinski definition) is 1. The van der Waals surface area contributed by atoms with Crippen molar-refractivity contribution in [1.82, 2.24) is 0 Å². The Morgan fingerprint density at radius 1 is 0.640 bits per heavy atom. The third-order valence-corrected chi connectivity index (χ3v) is 4.64. The number of fused-ring (bicyclic) bond motifs is 5. The first-order valence-electron chi connectivity index (χ1n) is 8.29. The highest BCUT2D eigenvalue weighted by Gasteiger charge is 2.20. The van der Waals surface area contributed by atoms with Crippen LogP contribution in [0.4, 0.5) is 0 Å². The summed E-state index contributed by atoms with van der Waals surface area (Å²) in [6.45, 7) is 5.65. The van der Waals surface area contributed by atoms with Crippen molar-refractivity contribution >= 4 is 24.3 Å². The molecule has 2 heteroatoms. The second-order valence-corrected chi connectivity index (χ2v) is 6.04. The van der Waals surface area contributed by atoms with E-state index >= 15 is 0 Å². The Hall–Kier alpha value is -3.26. The van der Waals surface area contributed by atoms with Crippen molar-refractivity contribution in [3.63, 3.8) is 0 Å². The van der Waals surface area contributed by atoms with E-state index in [0.717, 1.165) is 16.8 Å². The highest BCUT2D eigenvalue weighted by molar-refractivity contribution is 6.04. The average molecular weight is 322 g/mol. The smallest absolute Gasteiger partial charge is 0.115 e. The Morgan fingerprint density at radius 2 is 1.04 bits per heavy atom. The molecule has 3 aromatic carbocycles. The predicted molar refractivity (Wildman–Crippen MR) is 108 cm³/mol. The third kappa shape index (κ3) is 2.52. The van der Waals surface area contributed by atoms with E-state index in [1.165, 1.54) is 34.2 Å². The maximum Gasteiger partial charge on any atom is 0.115 e. The minimum atomic E-state index is 0.935. The Morgan fingerprint density at radius 3 is 1.56 bits per heavy atom. The zero-order valence-electron chi connectivity index (χ0n) is 14.1. The quantitative estimate of drug-likeness (QED) is 0.411. The number of aliphatic imine (C=N–C) groups is 2. The van der Waals surface area contributed by atoms with E-state index in [-0.39, 0.29) is 0 Å². The van der Waals surface area contributed by atoms with Crippen molar-refractivity contribution in [3.8, 4) is 22.3 Å². The van der Waals surface area contributed by atoms with Crippen LogP contribution in [0.3, 0.4) is 0 Å². The maximum absolute atomic E-state index is 4.62. The minimum absolute atomic E-state index is 0.935. The zero-order valence-corrected chi connectivity index (χ0v) is 14.1. The first kappa shape index (κ1) is 15.3. The van der Waals surface area contributed by atoms with Crippen LogP contribution in [-0.4, -0.2) is 13.1 Å². The van der Waals surface area contributed by atoms with Gasteiger partial charge in [-0.3, -0.25) is 4.99 Å². The molecule has 0 spiro atoms. The summed E-state index contributed by atoms with van der Waals surface area (Å²) in [5.74, 6) is 0. The summed E-state index contributed by atoms with van der Waals surface area (Å²) in [4.78, 5) is 8.44. The maximum atomic E-state index is 4.62. The standard InChI is InChI=1S/C23H18N2/c1-16-17-9-3-4-10-18(17)19-11-5-6-12-20(19)21-13-7-8-14-22(21)23(16)25-15-24-2/h3-15H,2H2,1H3/b17-16?,19-18?,21-20?,23-16+,23-22?,25-15-. The van der Waals surface area contributed by atoms with Gasteiger partial charge in [-0.2, -0.15) is 0 Å². The van der Waals surface area contributed by atoms with E-state index in [9.17, 15) is 0 Å². The second-order valence-electron chi connectivity index (χ2n) is 6.04. The monoisotopic (exact) mass is 322 g/mol. The Balaban J connectivity index is 2.18. The molecule has 0 aromatic heterocycles. The van der Waals surface area contributed by atoms with Crippen molar-refractivity contribution in [2.75, 3.05) is 0 Å². The molecule has 120 valence electrons. The van der Waals surface area contributed by atoms with E-state index < -0.39 is 0 Å². The lowest BCUT2D eigenvalue weighted by molar-refractivity contribution is 1.43. The van der Waals surface area contributed by atoms with E-state index in [1.807, 2.05) is 0 Å². The van der Waals surface area contributed by atoms with Gasteiger partial charge in [0.2, 0.25) is 0 Å². The van der Waals surface area contributed by atoms with Crippen molar-refractivity contribution < 1.29 is 0 Å². The molecule has 0 bridgehead atoms. The largest absolute Gasteiger partial charge is 0.253 e. The second kappa shape index (κ2) is 6.33. The van der Waals surface area contributed by atoms with Gasteiger partial charge in [0, 0.05) is 5.56 Å². The van der Waals surface area contributed by atoms with Gasteiger partial charge in [-0.05, 0) is 47.0 Å². The van der Waals surface area contributed by atoms with E-state index in [1.54, 1.807) is 0 Å². The average Bonchev–Trinajstić information content (AvgIpc) is 2.68. The lowest BCUT2D eigenvalue weighted by atomic mass is 9.83. The summed E-state index contributed by atoms with van der Waals surface area (Å²) in [5, 5.41) is 0. The van der Waals surface area contributed by atoms with E-state index in [4.69, 9.17) is 0 Å². The number of benzene rings is 3. The number of nitrogens with zero attached hydrogens (tertiary/aromatic N) is 2. The van der Waals surface area contributed by atoms with Gasteiger partial charge in [-0.25, -0.2) is 4.99 Å². The fraction of sp³-hybridized carbons (Fsp3) is 0.0435. The lowest BCUT2D eigenvalue weighted by Gasteiger charge is -2.22. The van der Waals surface area contributed by atoms with Gasteiger partial charge in [0.15, 0.2) is 0 Å². The van der Waals surface area contributed by atoms with Gasteiger partial charge in [-0.1, -0.05) is 72.8 Å². The molecule has 0 saturated heterocycles. The van der Waals surface area contributed by atoms with E-state index in [2.05, 4.69) is 96.4 Å². The van der Waals surface area contributed by atoms with Gasteiger partial charge < -0.3 is 0 Å². The molecule has 3 aromatic rings. The Bertz CT molecular complexity index is 1030. The Labute approximate surface area is 147 Å². The molecule has 2 nitrogen and oxygen atoms in total. The van der Waals surface area contributed by atoms with Gasteiger partial charge >= 0.3 is 0 Å². The first-order chi connectivity index (χ1) is 12.3. The zero-order chi connectivity index (χ0) is 17.2. The van der Waals surface area contributed by atoms with Crippen LogP contribution in [0.25, 0.3) is 33.5 Å². The topological polar surface area (TPSA) is 24.7 Å². The van der Waals surface area contributed by atoms with E-state index in [0.29, 0.717) is 0 Å². The van der Waals surface area contributed by atoms with Gasteiger partial charge in [-0.15, -0.1) is 0 Å². The molecule has 0 heterocycles. The normalized spacial score (nSPS) is 15.7. The van der Waals surface area contributed by atoms with Gasteiger partial charge in [0.05, 0.1) is 5.70 Å². The summed E-state index contributed by atoms with van der Waals surface area (Å²) in [7, 11) is 0. The predicted octanol–water partition coefficient (Wildman–Crippen LogP) is 5.95. The fourth-order valence-corrected chi connectivity index (χ4v) is 3.52. The molecule has 0 aliphatic heterocycles. The minimum Gasteiger partial charge on any atom is -0.253 e. The molecule has 0 radical (unpaired) electrons. The molecule has 25 heavy (non-hydrogen) atoms. The molecule has 1 aliphatic rings. The summed E-state index contributed by atoms with van der Waals surface area (Å²) in [5.41, 5.74) is 9.25. The summed E-state index contributed by atoms with van der Waals surface area (Å²) in [6.07, 6.45) is 1.52. The van der Waals surface area contributed by atoms with Crippen LogP contribution in [0.15, 0.2) is 82.8 Å². The van der Waals surface area contributed by atoms with Crippen LogP contribution in [0.2, 0.25) is 0 Å². The highest BCUT2D eigenvalue weighted by atomic mass is 14.9. The molecule has 0 N–H and O–H groups in total. The fourth-order valence-electron chi connectivity index (χ4n) is 3.52. The molecular formula is C23H18N2. The van der Waals surface area contributed by atoms with Crippen LogP contribution < -0.4 is 0 Å². The van der Waals surface area contributed by atoms with Crippen LogP contribution in [0.1, 0.15) is 18.1 Å². The highest BCUT2D eigenvalue weighted by Crippen LogP contribution is 2.44. The number of allylic oxidation sites excluding steroid dienone is 1. The molecule has 0 atom stereocenters. The van der Waals surface area contributed by atoms with Gasteiger partial charge in [0.1, 0.15) is 6.34 Å². The molecule has 4 rings (SSSR count). The summed E-state index contributed by atoms with van der Waals surface area (Å²) >= 11 is 0. The van der Waals surface area contributed by atoms with Crippen molar-refractivity contribution in [2.45, 2.75) is 6.92 Å². The number of hydrogen-bond donors (Lipinski definition) is 0. The summed E-state index contributed by atoms with van der Waals surface area (Å²) in [6, 6.07) is 25.5. The molecule has 0 fully saturated rings. The molecule has 0 amide bonds. The van der Waals surface area contributed by atoms with Crippen molar-refractivity contribution in [2.24, 2.45) is 9.98 Å². The van der Waals surface area contributed by atoms with Crippen LogP contribution in [-0.2, 0) is 0 Å². The molecule has 0 unspecified atom stereocenters. The number of rotatable bonds is 2. The molecular weight excluding hydrogens is 304 g/mol. The van der Waals surface area contributed by atoms with Crippen LogP contribution >= 0.6 is 0 Å². The SMILES string of the molecule is C=N/C=N\C1=C(/C)c2ccccc2-c2ccccc2-c2ccccc21. The van der Waals surface area contributed by atoms with Crippen molar-refractivity contribution in [3.05, 3.63) is 83.9 Å². The molecule has 1 aliphatic carbocycles. The Kier molecular flexibility index (Phi) is 3.87. The van der Waals surface area contributed by atoms with Crippen LogP contribution in [0.5, 0.6) is 0 Å². The first-order valence-corrected chi connectivity index (χ1v) is 8.29. The van der Waals surface area contributed by atoms with Crippen molar-refractivity contribution in [1.29, 1.82) is 0 Å². The molecule has 0 saturated carbocycles. The van der Waals surface area contributed by atoms with Gasteiger partial charge in [0.25, 0.3) is 0 Å². The summed E-state index contributed by atoms with van der Waals surface area (Å²) < 4.78 is 0. The van der Waals surface area contributed by atoms with Crippen LogP contribution in [0, 0.1) is 0 Å².